The molecule has 5 aliphatic rings. The maximum absolute atomic E-state index is 14.7. The molecule has 3 fully saturated rings. The van der Waals surface area contributed by atoms with Crippen molar-refractivity contribution in [2.75, 3.05) is 26.2 Å². The Morgan fingerprint density at radius 2 is 1.00 bits per heavy atom. The minimum Gasteiger partial charge on any atom is -0.319 e. The molecule has 2 aromatic carbocycles. The normalized spacial score (nSPS) is 31.0. The Labute approximate surface area is 263 Å². The molecule has 232 valence electrons. The first-order valence-electron chi connectivity index (χ1n) is 17.3. The van der Waals surface area contributed by atoms with E-state index < -0.39 is 0 Å². The monoisotopic (exact) mass is 592 g/mol. The molecule has 0 unspecified atom stereocenters. The van der Waals surface area contributed by atoms with Crippen molar-refractivity contribution < 1.29 is 9.59 Å². The number of nitrogens with one attached hydrogen (secondary N) is 2. The molecule has 2 atom stereocenters. The predicted octanol–water partition coefficient (Wildman–Crippen LogP) is 6.10. The first-order chi connectivity index (χ1) is 21.7. The van der Waals surface area contributed by atoms with Crippen molar-refractivity contribution in [1.29, 1.82) is 0 Å². The molecule has 0 spiro atoms. The Hall–Kier alpha value is -3.22. The Bertz CT molecular complexity index is 1250. The van der Waals surface area contributed by atoms with Crippen LogP contribution in [0.15, 0.2) is 84.2 Å². The summed E-state index contributed by atoms with van der Waals surface area (Å²) in [4.78, 5) is 33.4. The van der Waals surface area contributed by atoms with Gasteiger partial charge in [0.2, 0.25) is 11.8 Å². The second-order valence-electron chi connectivity index (χ2n) is 13.6. The van der Waals surface area contributed by atoms with Crippen LogP contribution in [0.2, 0.25) is 0 Å². The average molecular weight is 593 g/mol. The highest BCUT2D eigenvalue weighted by Gasteiger charge is 2.59. The third-order valence-electron chi connectivity index (χ3n) is 10.9. The lowest BCUT2D eigenvalue weighted by molar-refractivity contribution is -0.150. The third-order valence-corrected chi connectivity index (χ3v) is 10.9. The highest BCUT2D eigenvalue weighted by molar-refractivity contribution is 5.91. The van der Waals surface area contributed by atoms with E-state index in [9.17, 15) is 9.59 Å². The van der Waals surface area contributed by atoms with Gasteiger partial charge in [0, 0.05) is 49.4 Å². The van der Waals surface area contributed by atoms with Crippen molar-refractivity contribution >= 4 is 11.8 Å². The Balaban J connectivity index is 1.23. The van der Waals surface area contributed by atoms with E-state index in [4.69, 9.17) is 0 Å². The van der Waals surface area contributed by atoms with Crippen LogP contribution in [0.4, 0.5) is 0 Å². The molecule has 1 aliphatic carbocycles. The number of hydrogen-bond donors (Lipinski definition) is 2. The van der Waals surface area contributed by atoms with Crippen LogP contribution in [-0.2, 0) is 9.59 Å². The molecular weight excluding hydrogens is 544 g/mol. The van der Waals surface area contributed by atoms with Crippen molar-refractivity contribution in [2.45, 2.75) is 88.1 Å². The number of nitrogens with zero attached hydrogens (tertiary/aromatic N) is 2. The number of rotatable bonds is 6. The van der Waals surface area contributed by atoms with Crippen LogP contribution in [0.25, 0.3) is 0 Å². The molecule has 6 nitrogen and oxygen atoms in total. The van der Waals surface area contributed by atoms with Gasteiger partial charge in [-0.15, -0.1) is 0 Å². The molecule has 2 aromatic rings. The summed E-state index contributed by atoms with van der Waals surface area (Å²) in [6, 6.07) is 21.5. The number of benzene rings is 2. The standard InChI is InChI=1S/C38H48N4O2/c43-37(41-23-11-17-29(25-41)31-19-7-9-21-39-31)35-33(27-13-3-1-4-14-27)36(34(35)28-15-5-2-6-16-28)38(44)42-24-12-18-30(26-42)32-20-8-10-22-40-32/h1-6,13-16,25-26,31-36,39-40H,7-12,17-24H2/t31-,32-,33?,34?,35?,36?/m0/s1. The van der Waals surface area contributed by atoms with Crippen LogP contribution in [0.3, 0.4) is 0 Å². The lowest BCUT2D eigenvalue weighted by Crippen LogP contribution is -2.57. The molecule has 6 heteroatoms. The summed E-state index contributed by atoms with van der Waals surface area (Å²) in [5, 5.41) is 7.39. The third kappa shape index (κ3) is 5.91. The molecular formula is C38H48N4O2. The molecule has 4 heterocycles. The largest absolute Gasteiger partial charge is 0.319 e. The first-order valence-corrected chi connectivity index (χ1v) is 17.3. The van der Waals surface area contributed by atoms with Gasteiger partial charge in [0.1, 0.15) is 0 Å². The summed E-state index contributed by atoms with van der Waals surface area (Å²) in [5.41, 5.74) is 4.93. The molecule has 2 N–H and O–H groups in total. The van der Waals surface area contributed by atoms with Crippen molar-refractivity contribution in [3.8, 4) is 0 Å². The molecule has 1 saturated carbocycles. The van der Waals surface area contributed by atoms with E-state index in [0.29, 0.717) is 12.1 Å². The molecule has 0 radical (unpaired) electrons. The van der Waals surface area contributed by atoms with Gasteiger partial charge in [0.15, 0.2) is 0 Å². The van der Waals surface area contributed by atoms with Crippen LogP contribution in [0.5, 0.6) is 0 Å². The summed E-state index contributed by atoms with van der Waals surface area (Å²) < 4.78 is 0. The van der Waals surface area contributed by atoms with Gasteiger partial charge in [-0.3, -0.25) is 9.59 Å². The maximum atomic E-state index is 14.7. The second kappa shape index (κ2) is 13.4. The SMILES string of the molecule is O=C(C1C(c2ccccc2)C(C(=O)N2C=C([C@@H]3CCCCN3)CCC2)C1c1ccccc1)N1C=C([C@@H]2CCCCN2)CCC1. The van der Waals surface area contributed by atoms with Crippen LogP contribution in [-0.4, -0.2) is 59.9 Å². The van der Waals surface area contributed by atoms with Gasteiger partial charge in [-0.1, -0.05) is 73.5 Å². The van der Waals surface area contributed by atoms with E-state index in [1.54, 1.807) is 0 Å². The Morgan fingerprint density at radius 3 is 1.39 bits per heavy atom. The van der Waals surface area contributed by atoms with Crippen molar-refractivity contribution in [1.82, 2.24) is 20.4 Å². The molecule has 44 heavy (non-hydrogen) atoms. The molecule has 4 aliphatic heterocycles. The zero-order chi connectivity index (χ0) is 29.9. The van der Waals surface area contributed by atoms with E-state index in [1.165, 1.54) is 36.8 Å². The molecule has 2 saturated heterocycles. The first kappa shape index (κ1) is 29.5. The van der Waals surface area contributed by atoms with E-state index in [-0.39, 0.29) is 35.5 Å². The van der Waals surface area contributed by atoms with Crippen molar-refractivity contribution in [3.63, 3.8) is 0 Å². The van der Waals surface area contributed by atoms with Gasteiger partial charge in [0.25, 0.3) is 0 Å². The quantitative estimate of drug-likeness (QED) is 0.426. The number of hydrogen-bond acceptors (Lipinski definition) is 4. The van der Waals surface area contributed by atoms with Gasteiger partial charge in [-0.25, -0.2) is 0 Å². The smallest absolute Gasteiger partial charge is 0.230 e. The fraction of sp³-hybridized carbons (Fsp3) is 0.526. The van der Waals surface area contributed by atoms with Crippen LogP contribution >= 0.6 is 0 Å². The molecule has 2 amide bonds. The molecule has 7 rings (SSSR count). The number of piperidine rings is 2. The van der Waals surface area contributed by atoms with Gasteiger partial charge >= 0.3 is 0 Å². The summed E-state index contributed by atoms with van der Waals surface area (Å²) >= 11 is 0. The average Bonchev–Trinajstić information content (AvgIpc) is 3.09. The lowest BCUT2D eigenvalue weighted by atomic mass is 9.51. The number of carbonyl (C=O) groups excluding carboxylic acids is 2. The fourth-order valence-corrected chi connectivity index (χ4v) is 8.70. The van der Waals surface area contributed by atoms with Crippen LogP contribution < -0.4 is 10.6 Å². The summed E-state index contributed by atoms with van der Waals surface area (Å²) in [7, 11) is 0. The fourth-order valence-electron chi connectivity index (χ4n) is 8.70. The van der Waals surface area contributed by atoms with Gasteiger partial charge < -0.3 is 20.4 Å². The zero-order valence-corrected chi connectivity index (χ0v) is 26.0. The number of carbonyl (C=O) groups is 2. The van der Waals surface area contributed by atoms with Crippen molar-refractivity contribution in [2.24, 2.45) is 11.8 Å². The highest BCUT2D eigenvalue weighted by atomic mass is 16.2. The lowest BCUT2D eigenvalue weighted by Gasteiger charge is -2.53. The predicted molar refractivity (Wildman–Crippen MR) is 175 cm³/mol. The molecule has 0 bridgehead atoms. The molecule has 0 aromatic heterocycles. The Morgan fingerprint density at radius 1 is 0.568 bits per heavy atom. The topological polar surface area (TPSA) is 64.7 Å². The van der Waals surface area contributed by atoms with Gasteiger partial charge in [0.05, 0.1) is 11.8 Å². The number of amides is 2. The van der Waals surface area contributed by atoms with Crippen LogP contribution in [0, 0.1) is 11.8 Å². The minimum absolute atomic E-state index is 0.153. The highest BCUT2D eigenvalue weighted by Crippen LogP contribution is 2.59. The summed E-state index contributed by atoms with van der Waals surface area (Å²) in [6.45, 7) is 3.61. The van der Waals surface area contributed by atoms with E-state index in [0.717, 1.165) is 75.8 Å². The van der Waals surface area contributed by atoms with E-state index in [2.05, 4.69) is 71.6 Å². The van der Waals surface area contributed by atoms with Gasteiger partial charge in [-0.05, 0) is 86.7 Å². The van der Waals surface area contributed by atoms with E-state index in [1.807, 2.05) is 21.9 Å². The van der Waals surface area contributed by atoms with Gasteiger partial charge in [-0.2, -0.15) is 0 Å². The summed E-state index contributed by atoms with van der Waals surface area (Å²) in [6.07, 6.45) is 15.7. The maximum Gasteiger partial charge on any atom is 0.230 e. The summed E-state index contributed by atoms with van der Waals surface area (Å²) in [5.74, 6) is -0.523. The van der Waals surface area contributed by atoms with E-state index >= 15 is 0 Å². The van der Waals surface area contributed by atoms with Crippen LogP contribution in [0.1, 0.15) is 87.2 Å². The second-order valence-corrected chi connectivity index (χ2v) is 13.6. The minimum atomic E-state index is -0.281. The zero-order valence-electron chi connectivity index (χ0n) is 26.0. The Kier molecular flexibility index (Phi) is 8.99. The van der Waals surface area contributed by atoms with Crippen molar-refractivity contribution in [3.05, 3.63) is 95.3 Å².